The number of aryl methyl sites for hydroxylation is 1. The predicted molar refractivity (Wildman–Crippen MR) is 95.8 cm³/mol. The number of methoxy groups -OCH3 is 1. The Bertz CT molecular complexity index is 740. The van der Waals surface area contributed by atoms with Gasteiger partial charge in [0.15, 0.2) is 0 Å². The molecule has 2 rings (SSSR count). The number of carbonyl (C=O) groups is 2. The van der Waals surface area contributed by atoms with Gasteiger partial charge in [0.05, 0.1) is 7.11 Å². The number of alkyl carbamates (subject to hydrolysis) is 1. The lowest BCUT2D eigenvalue weighted by Gasteiger charge is -2.13. The van der Waals surface area contributed by atoms with Crippen LogP contribution in [-0.4, -0.2) is 25.2 Å². The van der Waals surface area contributed by atoms with Crippen molar-refractivity contribution in [2.75, 3.05) is 7.11 Å². The van der Waals surface area contributed by atoms with Crippen LogP contribution in [-0.2, 0) is 20.9 Å². The number of amides is 1. The Labute approximate surface area is 147 Å². The molecule has 1 atom stereocenters. The summed E-state index contributed by atoms with van der Waals surface area (Å²) in [4.78, 5) is 23.8. The van der Waals surface area contributed by atoms with Crippen LogP contribution < -0.4 is 5.32 Å². The Morgan fingerprint density at radius 2 is 1.76 bits per heavy atom. The minimum Gasteiger partial charge on any atom is -0.467 e. The highest BCUT2D eigenvalue weighted by Crippen LogP contribution is 2.10. The summed E-state index contributed by atoms with van der Waals surface area (Å²) in [5, 5.41) is 2.51. The summed E-state index contributed by atoms with van der Waals surface area (Å²) in [6, 6.07) is 16.1. The number of nitrogens with one attached hydrogen (secondary N) is 1. The third kappa shape index (κ3) is 5.80. The molecule has 0 aliphatic rings. The molecule has 0 saturated heterocycles. The number of carbonyl (C=O) groups excluding carboxylic acids is 2. The SMILES string of the molecule is COC(=O)[C@H](/C=C/c1ccccc1C)NC(=O)OCc1ccccc1. The van der Waals surface area contributed by atoms with E-state index < -0.39 is 18.1 Å². The van der Waals surface area contributed by atoms with Gasteiger partial charge in [0.2, 0.25) is 0 Å². The second-order valence-electron chi connectivity index (χ2n) is 5.42. The van der Waals surface area contributed by atoms with Crippen LogP contribution in [0.3, 0.4) is 0 Å². The Kier molecular flexibility index (Phi) is 6.77. The quantitative estimate of drug-likeness (QED) is 0.819. The van der Waals surface area contributed by atoms with Gasteiger partial charge in [0.1, 0.15) is 12.6 Å². The first-order valence-electron chi connectivity index (χ1n) is 7.89. The Morgan fingerprint density at radius 1 is 1.08 bits per heavy atom. The third-order valence-corrected chi connectivity index (χ3v) is 3.60. The van der Waals surface area contributed by atoms with Crippen molar-refractivity contribution >= 4 is 18.1 Å². The van der Waals surface area contributed by atoms with Crippen molar-refractivity contribution in [1.82, 2.24) is 5.32 Å². The zero-order chi connectivity index (χ0) is 18.1. The fourth-order valence-corrected chi connectivity index (χ4v) is 2.18. The summed E-state index contributed by atoms with van der Waals surface area (Å²) in [5.41, 5.74) is 2.88. The third-order valence-electron chi connectivity index (χ3n) is 3.60. The van der Waals surface area contributed by atoms with Crippen LogP contribution in [0.4, 0.5) is 4.79 Å². The van der Waals surface area contributed by atoms with Crippen molar-refractivity contribution in [3.05, 3.63) is 77.4 Å². The largest absolute Gasteiger partial charge is 0.467 e. The molecule has 1 amide bonds. The van der Waals surface area contributed by atoms with E-state index in [1.165, 1.54) is 7.11 Å². The fourth-order valence-electron chi connectivity index (χ4n) is 2.18. The van der Waals surface area contributed by atoms with Crippen LogP contribution in [0, 0.1) is 6.92 Å². The van der Waals surface area contributed by atoms with Gasteiger partial charge in [0, 0.05) is 0 Å². The van der Waals surface area contributed by atoms with E-state index in [-0.39, 0.29) is 6.61 Å². The zero-order valence-electron chi connectivity index (χ0n) is 14.3. The minimum atomic E-state index is -0.923. The second kappa shape index (κ2) is 9.27. The molecule has 2 aromatic carbocycles. The number of rotatable bonds is 6. The highest BCUT2D eigenvalue weighted by molar-refractivity contribution is 5.84. The van der Waals surface area contributed by atoms with Gasteiger partial charge in [0.25, 0.3) is 0 Å². The first-order chi connectivity index (χ1) is 12.1. The van der Waals surface area contributed by atoms with Gasteiger partial charge < -0.3 is 14.8 Å². The van der Waals surface area contributed by atoms with Gasteiger partial charge in [-0.1, -0.05) is 66.7 Å². The smallest absolute Gasteiger partial charge is 0.408 e. The summed E-state index contributed by atoms with van der Waals surface area (Å²) in [6.45, 7) is 2.09. The molecule has 0 aliphatic carbocycles. The van der Waals surface area contributed by atoms with Gasteiger partial charge in [-0.25, -0.2) is 9.59 Å². The maximum Gasteiger partial charge on any atom is 0.408 e. The maximum absolute atomic E-state index is 12.0. The molecule has 5 heteroatoms. The second-order valence-corrected chi connectivity index (χ2v) is 5.42. The van der Waals surface area contributed by atoms with E-state index in [1.807, 2.05) is 61.5 Å². The normalized spacial score (nSPS) is 11.8. The summed E-state index contributed by atoms with van der Waals surface area (Å²) < 4.78 is 9.87. The summed E-state index contributed by atoms with van der Waals surface area (Å²) in [5.74, 6) is -0.568. The molecular formula is C20H21NO4. The van der Waals surface area contributed by atoms with Gasteiger partial charge in [-0.15, -0.1) is 0 Å². The van der Waals surface area contributed by atoms with Crippen molar-refractivity contribution in [3.63, 3.8) is 0 Å². The lowest BCUT2D eigenvalue weighted by Crippen LogP contribution is -2.40. The summed E-state index contributed by atoms with van der Waals surface area (Å²) in [7, 11) is 1.27. The maximum atomic E-state index is 12.0. The van der Waals surface area contributed by atoms with E-state index in [4.69, 9.17) is 9.47 Å². The number of benzene rings is 2. The van der Waals surface area contributed by atoms with Crippen LogP contribution in [0.5, 0.6) is 0 Å². The van der Waals surface area contributed by atoms with Gasteiger partial charge in [-0.2, -0.15) is 0 Å². The Hall–Kier alpha value is -3.08. The van der Waals surface area contributed by atoms with Crippen LogP contribution in [0.1, 0.15) is 16.7 Å². The van der Waals surface area contributed by atoms with Crippen LogP contribution in [0.2, 0.25) is 0 Å². The van der Waals surface area contributed by atoms with Crippen molar-refractivity contribution < 1.29 is 19.1 Å². The standard InChI is InChI=1S/C20H21NO4/c1-15-8-6-7-11-17(15)12-13-18(19(22)24-2)21-20(23)25-14-16-9-4-3-5-10-16/h3-13,18H,14H2,1-2H3,(H,21,23)/b13-12+/t18-/m0/s1. The molecule has 130 valence electrons. The molecule has 2 aromatic rings. The van der Waals surface area contributed by atoms with E-state index in [0.717, 1.165) is 16.7 Å². The first kappa shape index (κ1) is 18.3. The number of ether oxygens (including phenoxy) is 2. The predicted octanol–water partition coefficient (Wildman–Crippen LogP) is 3.48. The molecule has 0 unspecified atom stereocenters. The van der Waals surface area contributed by atoms with Gasteiger partial charge in [-0.05, 0) is 23.6 Å². The number of hydrogen-bond donors (Lipinski definition) is 1. The Balaban J connectivity index is 1.98. The van der Waals surface area contributed by atoms with E-state index >= 15 is 0 Å². The molecule has 0 saturated carbocycles. The molecular weight excluding hydrogens is 318 g/mol. The lowest BCUT2D eigenvalue weighted by molar-refractivity contribution is -0.141. The van der Waals surface area contributed by atoms with Crippen molar-refractivity contribution in [2.45, 2.75) is 19.6 Å². The molecule has 5 nitrogen and oxygen atoms in total. The monoisotopic (exact) mass is 339 g/mol. The first-order valence-corrected chi connectivity index (χ1v) is 7.89. The zero-order valence-corrected chi connectivity index (χ0v) is 14.3. The van der Waals surface area contributed by atoms with Crippen LogP contribution in [0.25, 0.3) is 6.08 Å². The number of hydrogen-bond acceptors (Lipinski definition) is 4. The molecule has 0 aromatic heterocycles. The fraction of sp³-hybridized carbons (Fsp3) is 0.200. The topological polar surface area (TPSA) is 64.6 Å². The average Bonchev–Trinajstić information content (AvgIpc) is 2.64. The van der Waals surface area contributed by atoms with Crippen molar-refractivity contribution in [1.29, 1.82) is 0 Å². The highest BCUT2D eigenvalue weighted by Gasteiger charge is 2.19. The van der Waals surface area contributed by atoms with E-state index in [2.05, 4.69) is 5.32 Å². The Morgan fingerprint density at radius 3 is 2.44 bits per heavy atom. The van der Waals surface area contributed by atoms with E-state index in [9.17, 15) is 9.59 Å². The minimum absolute atomic E-state index is 0.127. The van der Waals surface area contributed by atoms with Crippen molar-refractivity contribution in [3.8, 4) is 0 Å². The molecule has 0 spiro atoms. The van der Waals surface area contributed by atoms with E-state index in [0.29, 0.717) is 0 Å². The van der Waals surface area contributed by atoms with Crippen LogP contribution >= 0.6 is 0 Å². The van der Waals surface area contributed by atoms with E-state index in [1.54, 1.807) is 12.2 Å². The summed E-state index contributed by atoms with van der Waals surface area (Å²) >= 11 is 0. The van der Waals surface area contributed by atoms with Gasteiger partial charge >= 0.3 is 12.1 Å². The van der Waals surface area contributed by atoms with Crippen molar-refractivity contribution in [2.24, 2.45) is 0 Å². The molecule has 0 radical (unpaired) electrons. The molecule has 25 heavy (non-hydrogen) atoms. The lowest BCUT2D eigenvalue weighted by atomic mass is 10.1. The molecule has 1 N–H and O–H groups in total. The molecule has 0 aliphatic heterocycles. The van der Waals surface area contributed by atoms with Crippen LogP contribution in [0.15, 0.2) is 60.7 Å². The average molecular weight is 339 g/mol. The van der Waals surface area contributed by atoms with Gasteiger partial charge in [-0.3, -0.25) is 0 Å². The molecule has 0 heterocycles. The number of esters is 1. The summed E-state index contributed by atoms with van der Waals surface area (Å²) in [6.07, 6.45) is 2.67. The molecule has 0 bridgehead atoms. The molecule has 0 fully saturated rings. The highest BCUT2D eigenvalue weighted by atomic mass is 16.6.